The number of rotatable bonds is 3. The van der Waals surface area contributed by atoms with E-state index in [1.165, 1.54) is 9.31 Å². The van der Waals surface area contributed by atoms with E-state index in [-0.39, 0.29) is 11.5 Å². The topological polar surface area (TPSA) is 82.9 Å². The van der Waals surface area contributed by atoms with Gasteiger partial charge in [0.1, 0.15) is 11.5 Å². The minimum absolute atomic E-state index is 0.131. The van der Waals surface area contributed by atoms with Crippen molar-refractivity contribution in [1.29, 1.82) is 0 Å². The van der Waals surface area contributed by atoms with Crippen LogP contribution < -0.4 is 5.56 Å². The standard InChI is InChI=1S/C13H17N7O/c1-8(2)11-5-12(21)20-13(16-11)15-9(3)19(20)7-10-6-14-18(4)17-10/h5-6,8H,7H2,1-4H3. The maximum Gasteiger partial charge on any atom is 0.274 e. The Labute approximate surface area is 121 Å². The van der Waals surface area contributed by atoms with Gasteiger partial charge < -0.3 is 0 Å². The van der Waals surface area contributed by atoms with Gasteiger partial charge in [0.2, 0.25) is 0 Å². The van der Waals surface area contributed by atoms with Crippen LogP contribution in [0.5, 0.6) is 0 Å². The predicted molar refractivity (Wildman–Crippen MR) is 76.2 cm³/mol. The second-order valence-electron chi connectivity index (χ2n) is 5.33. The monoisotopic (exact) mass is 287 g/mol. The summed E-state index contributed by atoms with van der Waals surface area (Å²) in [5.74, 6) is 1.33. The van der Waals surface area contributed by atoms with Gasteiger partial charge in [0.15, 0.2) is 0 Å². The summed E-state index contributed by atoms with van der Waals surface area (Å²) in [6.45, 7) is 6.28. The molecule has 0 saturated carbocycles. The summed E-state index contributed by atoms with van der Waals surface area (Å²) >= 11 is 0. The Morgan fingerprint density at radius 1 is 1.29 bits per heavy atom. The molecule has 0 fully saturated rings. The number of aromatic nitrogens is 7. The second-order valence-corrected chi connectivity index (χ2v) is 5.33. The minimum Gasteiger partial charge on any atom is -0.267 e. The van der Waals surface area contributed by atoms with Crippen molar-refractivity contribution in [2.24, 2.45) is 7.05 Å². The fourth-order valence-electron chi connectivity index (χ4n) is 2.22. The van der Waals surface area contributed by atoms with Gasteiger partial charge in [-0.3, -0.25) is 9.48 Å². The molecule has 8 heteroatoms. The zero-order valence-electron chi connectivity index (χ0n) is 12.5. The Kier molecular flexibility index (Phi) is 3.08. The molecule has 0 unspecified atom stereocenters. The quantitative estimate of drug-likeness (QED) is 0.700. The van der Waals surface area contributed by atoms with E-state index in [4.69, 9.17) is 0 Å². The smallest absolute Gasteiger partial charge is 0.267 e. The van der Waals surface area contributed by atoms with Gasteiger partial charge in [0.05, 0.1) is 18.4 Å². The highest BCUT2D eigenvalue weighted by atomic mass is 16.1. The Morgan fingerprint density at radius 3 is 2.67 bits per heavy atom. The van der Waals surface area contributed by atoms with Crippen LogP contribution in [0.2, 0.25) is 0 Å². The van der Waals surface area contributed by atoms with Crippen LogP contribution in [0.3, 0.4) is 0 Å². The third-order valence-electron chi connectivity index (χ3n) is 3.33. The zero-order valence-corrected chi connectivity index (χ0v) is 12.5. The third kappa shape index (κ3) is 2.32. The van der Waals surface area contributed by atoms with E-state index in [1.54, 1.807) is 24.0 Å². The van der Waals surface area contributed by atoms with Crippen molar-refractivity contribution in [2.75, 3.05) is 0 Å². The number of hydrogen-bond acceptors (Lipinski definition) is 5. The highest BCUT2D eigenvalue weighted by Gasteiger charge is 2.14. The van der Waals surface area contributed by atoms with Crippen LogP contribution in [0.25, 0.3) is 5.78 Å². The summed E-state index contributed by atoms with van der Waals surface area (Å²) in [5, 5.41) is 8.27. The molecular formula is C13H17N7O. The summed E-state index contributed by atoms with van der Waals surface area (Å²) in [6.07, 6.45) is 1.67. The molecule has 21 heavy (non-hydrogen) atoms. The molecule has 3 heterocycles. The van der Waals surface area contributed by atoms with Crippen LogP contribution in [-0.4, -0.2) is 34.2 Å². The van der Waals surface area contributed by atoms with E-state index in [2.05, 4.69) is 20.2 Å². The van der Waals surface area contributed by atoms with Gasteiger partial charge in [-0.1, -0.05) is 13.8 Å². The first-order valence-electron chi connectivity index (χ1n) is 6.78. The molecule has 0 N–H and O–H groups in total. The maximum absolute atomic E-state index is 12.4. The largest absolute Gasteiger partial charge is 0.274 e. The molecule has 0 aromatic carbocycles. The first-order chi connectivity index (χ1) is 9.95. The molecule has 3 rings (SSSR count). The van der Waals surface area contributed by atoms with Crippen LogP contribution in [0.4, 0.5) is 0 Å². The van der Waals surface area contributed by atoms with Crippen molar-refractivity contribution in [1.82, 2.24) is 34.2 Å². The summed E-state index contributed by atoms with van der Waals surface area (Å²) in [6, 6.07) is 1.56. The Bertz CT molecular complexity index is 855. The number of fused-ring (bicyclic) bond motifs is 1. The van der Waals surface area contributed by atoms with Crippen LogP contribution in [0.1, 0.15) is 37.0 Å². The van der Waals surface area contributed by atoms with Crippen LogP contribution in [0.15, 0.2) is 17.1 Å². The van der Waals surface area contributed by atoms with Crippen LogP contribution >= 0.6 is 0 Å². The van der Waals surface area contributed by atoms with E-state index in [9.17, 15) is 4.79 Å². The van der Waals surface area contributed by atoms with Crippen molar-refractivity contribution in [3.63, 3.8) is 0 Å². The van der Waals surface area contributed by atoms with E-state index in [0.717, 1.165) is 11.4 Å². The van der Waals surface area contributed by atoms with Gasteiger partial charge in [-0.25, -0.2) is 4.98 Å². The van der Waals surface area contributed by atoms with Gasteiger partial charge >= 0.3 is 0 Å². The van der Waals surface area contributed by atoms with Crippen molar-refractivity contribution >= 4 is 5.78 Å². The molecule has 0 aliphatic carbocycles. The van der Waals surface area contributed by atoms with E-state index < -0.39 is 0 Å². The van der Waals surface area contributed by atoms with Crippen LogP contribution in [-0.2, 0) is 13.6 Å². The van der Waals surface area contributed by atoms with Crippen LogP contribution in [0, 0.1) is 6.92 Å². The molecule has 8 nitrogen and oxygen atoms in total. The molecule has 110 valence electrons. The summed E-state index contributed by atoms with van der Waals surface area (Å²) in [4.78, 5) is 22.7. The van der Waals surface area contributed by atoms with Gasteiger partial charge in [-0.05, 0) is 12.8 Å². The molecule has 3 aromatic rings. The lowest BCUT2D eigenvalue weighted by atomic mass is 10.1. The average Bonchev–Trinajstić information content (AvgIpc) is 2.94. The molecule has 0 spiro atoms. The fraction of sp³-hybridized carbons (Fsp3) is 0.462. The first-order valence-corrected chi connectivity index (χ1v) is 6.78. The lowest BCUT2D eigenvalue weighted by Crippen LogP contribution is -2.23. The van der Waals surface area contributed by atoms with Crippen molar-refractivity contribution in [2.45, 2.75) is 33.2 Å². The third-order valence-corrected chi connectivity index (χ3v) is 3.33. The normalized spacial score (nSPS) is 11.7. The van der Waals surface area contributed by atoms with E-state index in [0.29, 0.717) is 18.1 Å². The van der Waals surface area contributed by atoms with E-state index >= 15 is 0 Å². The highest BCUT2D eigenvalue weighted by Crippen LogP contribution is 2.11. The summed E-state index contributed by atoms with van der Waals surface area (Å²) < 4.78 is 3.24. The molecule has 0 aliphatic rings. The molecule has 0 saturated heterocycles. The average molecular weight is 287 g/mol. The van der Waals surface area contributed by atoms with Gasteiger partial charge in [-0.15, -0.1) is 0 Å². The molecule has 0 aliphatic heterocycles. The minimum atomic E-state index is -0.131. The van der Waals surface area contributed by atoms with Crippen molar-refractivity contribution < 1.29 is 0 Å². The molecule has 0 bridgehead atoms. The molecular weight excluding hydrogens is 270 g/mol. The molecule has 0 amide bonds. The zero-order chi connectivity index (χ0) is 15.1. The first kappa shape index (κ1) is 13.5. The lowest BCUT2D eigenvalue weighted by molar-refractivity contribution is 0.575. The predicted octanol–water partition coefficient (Wildman–Crippen LogP) is 0.500. The lowest BCUT2D eigenvalue weighted by Gasteiger charge is -2.06. The van der Waals surface area contributed by atoms with E-state index in [1.807, 2.05) is 20.8 Å². The summed E-state index contributed by atoms with van der Waals surface area (Å²) in [5.41, 5.74) is 1.39. The number of hydrogen-bond donors (Lipinski definition) is 0. The Balaban J connectivity index is 2.15. The number of aryl methyl sites for hydroxylation is 2. The van der Waals surface area contributed by atoms with Gasteiger partial charge in [-0.2, -0.15) is 24.5 Å². The van der Waals surface area contributed by atoms with Crippen molar-refractivity contribution in [3.8, 4) is 0 Å². The summed E-state index contributed by atoms with van der Waals surface area (Å²) in [7, 11) is 1.75. The molecule has 3 aromatic heterocycles. The highest BCUT2D eigenvalue weighted by molar-refractivity contribution is 5.29. The fourth-order valence-corrected chi connectivity index (χ4v) is 2.22. The van der Waals surface area contributed by atoms with Gasteiger partial charge in [0, 0.05) is 13.1 Å². The SMILES string of the molecule is Cc1nc2nc(C(C)C)cc(=O)n2n1Cc1cnn(C)n1. The molecule has 0 atom stereocenters. The maximum atomic E-state index is 12.4. The Morgan fingerprint density at radius 2 is 2.05 bits per heavy atom. The van der Waals surface area contributed by atoms with Gasteiger partial charge in [0.25, 0.3) is 11.3 Å². The number of nitrogens with zero attached hydrogens (tertiary/aromatic N) is 7. The van der Waals surface area contributed by atoms with Crippen molar-refractivity contribution in [3.05, 3.63) is 39.8 Å². The second kappa shape index (κ2) is 4.80. The Hall–Kier alpha value is -2.51. The molecule has 0 radical (unpaired) electrons.